The van der Waals surface area contributed by atoms with Crippen molar-refractivity contribution in [1.82, 2.24) is 26.6 Å². The number of nitrogens with two attached hydrogens (primary N) is 4. The second-order valence-corrected chi connectivity index (χ2v) is 11.9. The quantitative estimate of drug-likeness (QED) is 0.0485. The molecule has 46 heavy (non-hydrogen) atoms. The number of aliphatic imine (C=N–C) groups is 2. The summed E-state index contributed by atoms with van der Waals surface area (Å²) in [6, 6.07) is 6.38. The Bertz CT molecular complexity index is 1160. The fourth-order valence-electron chi connectivity index (χ4n) is 5.08. The first-order chi connectivity index (χ1) is 22.0. The van der Waals surface area contributed by atoms with Crippen molar-refractivity contribution < 1.29 is 19.2 Å². The van der Waals surface area contributed by atoms with Crippen molar-refractivity contribution in [2.45, 2.75) is 76.9 Å². The molecule has 1 aromatic rings. The molecule has 2 rings (SSSR count). The van der Waals surface area contributed by atoms with Crippen LogP contribution in [0.1, 0.15) is 57.9 Å². The van der Waals surface area contributed by atoms with Crippen molar-refractivity contribution in [3.63, 3.8) is 0 Å². The van der Waals surface area contributed by atoms with Crippen LogP contribution in [-0.4, -0.2) is 86.4 Å². The van der Waals surface area contributed by atoms with Gasteiger partial charge in [0, 0.05) is 19.6 Å². The highest BCUT2D eigenvalue weighted by molar-refractivity contribution is 5.94. The molecule has 0 aliphatic carbocycles. The molecule has 0 aromatic heterocycles. The van der Waals surface area contributed by atoms with Gasteiger partial charge in [0.2, 0.25) is 23.6 Å². The normalized spacial score (nSPS) is 15.1. The van der Waals surface area contributed by atoms with E-state index < -0.39 is 29.9 Å². The zero-order valence-corrected chi connectivity index (χ0v) is 27.1. The highest BCUT2D eigenvalue weighted by Gasteiger charge is 2.31. The molecular formula is C31H53N11O4. The van der Waals surface area contributed by atoms with Gasteiger partial charge < -0.3 is 49.5 Å². The third kappa shape index (κ3) is 15.1. The van der Waals surface area contributed by atoms with Crippen molar-refractivity contribution >= 4 is 35.5 Å². The summed E-state index contributed by atoms with van der Waals surface area (Å²) in [6.07, 6.45) is 3.39. The maximum Gasteiger partial charge on any atom is 0.243 e. The lowest BCUT2D eigenvalue weighted by atomic mass is 9.98. The summed E-state index contributed by atoms with van der Waals surface area (Å²) in [5.74, 6) is -1.79. The lowest BCUT2D eigenvalue weighted by molar-refractivity contribution is -0.134. The lowest BCUT2D eigenvalue weighted by Crippen LogP contribution is -2.58. The number of nitrogens with zero attached hydrogens (tertiary/aromatic N) is 2. The molecule has 1 aliphatic heterocycles. The zero-order valence-electron chi connectivity index (χ0n) is 27.1. The number of guanidine groups is 2. The SMILES string of the molecule is CC(C)[C@H](NC(=O)[C@H](CCCN=C(N)N)NC(=O)Cc1ccccc1)C(=O)N[C@@H](CCCN=C(N)N)C(=O)NCC1CCNCC1. The van der Waals surface area contributed by atoms with Crippen molar-refractivity contribution in [3.05, 3.63) is 35.9 Å². The van der Waals surface area contributed by atoms with Crippen LogP contribution < -0.4 is 49.5 Å². The van der Waals surface area contributed by atoms with Gasteiger partial charge in [-0.2, -0.15) is 0 Å². The molecule has 1 aliphatic rings. The van der Waals surface area contributed by atoms with Gasteiger partial charge in [-0.3, -0.25) is 29.2 Å². The van der Waals surface area contributed by atoms with E-state index in [9.17, 15) is 19.2 Å². The molecule has 0 radical (unpaired) electrons. The highest BCUT2D eigenvalue weighted by Crippen LogP contribution is 2.11. The van der Waals surface area contributed by atoms with Gasteiger partial charge in [-0.05, 0) is 69.0 Å². The van der Waals surface area contributed by atoms with E-state index in [4.69, 9.17) is 22.9 Å². The van der Waals surface area contributed by atoms with Gasteiger partial charge in [0.15, 0.2) is 11.9 Å². The number of nitrogens with one attached hydrogen (secondary N) is 5. The molecule has 1 fully saturated rings. The Morgan fingerprint density at radius 2 is 1.37 bits per heavy atom. The summed E-state index contributed by atoms with van der Waals surface area (Å²) >= 11 is 0. The van der Waals surface area contributed by atoms with Crippen LogP contribution >= 0.6 is 0 Å². The predicted octanol–water partition coefficient (Wildman–Crippen LogP) is -1.44. The second kappa shape index (κ2) is 20.6. The third-order valence-electron chi connectivity index (χ3n) is 7.65. The van der Waals surface area contributed by atoms with Gasteiger partial charge in [-0.15, -0.1) is 0 Å². The van der Waals surface area contributed by atoms with Gasteiger partial charge in [-0.1, -0.05) is 44.2 Å². The number of hydrogen-bond acceptors (Lipinski definition) is 7. The number of carbonyl (C=O) groups is 4. The molecule has 4 amide bonds. The van der Waals surface area contributed by atoms with E-state index in [-0.39, 0.29) is 49.0 Å². The Hall–Kier alpha value is -4.40. The van der Waals surface area contributed by atoms with Gasteiger partial charge in [0.05, 0.1) is 6.42 Å². The van der Waals surface area contributed by atoms with Crippen LogP contribution in [-0.2, 0) is 25.6 Å². The molecule has 0 spiro atoms. The molecule has 1 saturated heterocycles. The molecule has 1 aromatic carbocycles. The monoisotopic (exact) mass is 643 g/mol. The van der Waals surface area contributed by atoms with E-state index in [0.717, 1.165) is 31.5 Å². The molecule has 1 heterocycles. The minimum absolute atomic E-state index is 0.0535. The van der Waals surface area contributed by atoms with Crippen LogP contribution in [0.25, 0.3) is 0 Å². The molecule has 3 atom stereocenters. The van der Waals surface area contributed by atoms with E-state index in [1.165, 1.54) is 0 Å². The Labute approximate surface area is 271 Å². The summed E-state index contributed by atoms with van der Waals surface area (Å²) in [5.41, 5.74) is 22.5. The summed E-state index contributed by atoms with van der Waals surface area (Å²) in [6.45, 7) is 6.45. The van der Waals surface area contributed by atoms with Crippen molar-refractivity contribution in [2.24, 2.45) is 44.8 Å². The molecule has 13 N–H and O–H groups in total. The van der Waals surface area contributed by atoms with Crippen LogP contribution in [0.3, 0.4) is 0 Å². The topological polar surface area (TPSA) is 257 Å². The lowest BCUT2D eigenvalue weighted by Gasteiger charge is -2.28. The van der Waals surface area contributed by atoms with E-state index in [0.29, 0.717) is 38.3 Å². The first-order valence-corrected chi connectivity index (χ1v) is 16.0. The average molecular weight is 644 g/mol. The molecule has 0 unspecified atom stereocenters. The number of rotatable bonds is 19. The van der Waals surface area contributed by atoms with E-state index >= 15 is 0 Å². The minimum Gasteiger partial charge on any atom is -0.370 e. The van der Waals surface area contributed by atoms with E-state index in [2.05, 4.69) is 36.6 Å². The summed E-state index contributed by atoms with van der Waals surface area (Å²) < 4.78 is 0. The molecular weight excluding hydrogens is 590 g/mol. The van der Waals surface area contributed by atoms with Crippen LogP contribution in [0.15, 0.2) is 40.3 Å². The summed E-state index contributed by atoms with van der Waals surface area (Å²) in [4.78, 5) is 61.2. The first-order valence-electron chi connectivity index (χ1n) is 16.0. The third-order valence-corrected chi connectivity index (χ3v) is 7.65. The Kier molecular flexibility index (Phi) is 16.9. The van der Waals surface area contributed by atoms with Crippen LogP contribution in [0.2, 0.25) is 0 Å². The number of carbonyl (C=O) groups excluding carboxylic acids is 4. The molecule has 15 heteroatoms. The number of amides is 4. The number of benzene rings is 1. The zero-order chi connectivity index (χ0) is 33.9. The van der Waals surface area contributed by atoms with Crippen molar-refractivity contribution in [3.8, 4) is 0 Å². The summed E-state index contributed by atoms with van der Waals surface area (Å²) in [7, 11) is 0. The van der Waals surface area contributed by atoms with E-state index in [1.807, 2.05) is 30.3 Å². The predicted molar refractivity (Wildman–Crippen MR) is 179 cm³/mol. The summed E-state index contributed by atoms with van der Waals surface area (Å²) in [5, 5.41) is 14.7. The van der Waals surface area contributed by atoms with Crippen LogP contribution in [0, 0.1) is 11.8 Å². The maximum atomic E-state index is 13.6. The fourth-order valence-corrected chi connectivity index (χ4v) is 5.08. The van der Waals surface area contributed by atoms with Gasteiger partial charge in [-0.25, -0.2) is 0 Å². The molecule has 15 nitrogen and oxygen atoms in total. The molecule has 0 bridgehead atoms. The van der Waals surface area contributed by atoms with Gasteiger partial charge in [0.25, 0.3) is 0 Å². The van der Waals surface area contributed by atoms with Gasteiger partial charge >= 0.3 is 0 Å². The van der Waals surface area contributed by atoms with Crippen molar-refractivity contribution in [1.29, 1.82) is 0 Å². The standard InChI is InChI=1S/C31H53N11O4/c1-20(2)26(29(46)41-23(10-6-14-37-30(32)33)27(44)39-19-22-12-16-36-17-13-22)42-28(45)24(11-7-15-38-31(34)35)40-25(43)18-21-8-4-3-5-9-21/h3-5,8-9,20,22-24,26,36H,6-7,10-19H2,1-2H3,(H,39,44)(H,40,43)(H,41,46)(H,42,45)(H4,32,33,37)(H4,34,35,38)/t23-,24-,26-/m0/s1. The highest BCUT2D eigenvalue weighted by atomic mass is 16.2. The smallest absolute Gasteiger partial charge is 0.243 e. The minimum atomic E-state index is -0.976. The van der Waals surface area contributed by atoms with Crippen molar-refractivity contribution in [2.75, 3.05) is 32.7 Å². The van der Waals surface area contributed by atoms with Crippen LogP contribution in [0.5, 0.6) is 0 Å². The fraction of sp³-hybridized carbons (Fsp3) is 0.613. The maximum absolute atomic E-state index is 13.6. The van der Waals surface area contributed by atoms with E-state index in [1.54, 1.807) is 13.8 Å². The van der Waals surface area contributed by atoms with Gasteiger partial charge in [0.1, 0.15) is 18.1 Å². The van der Waals surface area contributed by atoms with Crippen LogP contribution in [0.4, 0.5) is 0 Å². The average Bonchev–Trinajstić information content (AvgIpc) is 3.01. The second-order valence-electron chi connectivity index (χ2n) is 11.9. The molecule has 0 saturated carbocycles. The largest absolute Gasteiger partial charge is 0.370 e. The number of piperidine rings is 1. The Morgan fingerprint density at radius 3 is 1.91 bits per heavy atom. The Morgan fingerprint density at radius 1 is 0.804 bits per heavy atom. The Balaban J connectivity index is 2.12. The first kappa shape index (κ1) is 37.8. The molecule has 256 valence electrons. The number of hydrogen-bond donors (Lipinski definition) is 9.